The number of fused-ring (bicyclic) bond motifs is 1. The van der Waals surface area contributed by atoms with E-state index in [4.69, 9.17) is 4.42 Å². The molecule has 10 nitrogen and oxygen atoms in total. The fourth-order valence-corrected chi connectivity index (χ4v) is 5.80. The molecule has 13 heteroatoms. The van der Waals surface area contributed by atoms with Crippen molar-refractivity contribution in [3.05, 3.63) is 53.9 Å². The van der Waals surface area contributed by atoms with Gasteiger partial charge in [-0.2, -0.15) is 5.10 Å². The van der Waals surface area contributed by atoms with Gasteiger partial charge in [-0.15, -0.1) is 10.2 Å². The fourth-order valence-electron chi connectivity index (χ4n) is 5.80. The Morgan fingerprint density at radius 1 is 1.23 bits per heavy atom. The Labute approximate surface area is 219 Å². The Bertz CT molecular complexity index is 1610. The predicted molar refractivity (Wildman–Crippen MR) is 132 cm³/mol. The van der Waals surface area contributed by atoms with Crippen LogP contribution in [-0.4, -0.2) is 67.1 Å². The maximum Gasteiger partial charge on any atom is 0.266 e. The SMILES string of the molecule is Cc1ncc(-c2nnc([C@H]3C[C@@H]3F)o2)cc1NC(=O)c1cnn2ccc(N3CC4(C3)CC(O)(C(F)F)C4)cc12. The summed E-state index contributed by atoms with van der Waals surface area (Å²) in [4.78, 5) is 19.7. The number of aromatic nitrogens is 5. The van der Waals surface area contributed by atoms with Crippen LogP contribution < -0.4 is 10.2 Å². The van der Waals surface area contributed by atoms with Gasteiger partial charge < -0.3 is 19.7 Å². The number of aliphatic hydroxyl groups is 1. The van der Waals surface area contributed by atoms with Gasteiger partial charge in [-0.25, -0.2) is 17.7 Å². The van der Waals surface area contributed by atoms with Crippen molar-refractivity contribution in [1.82, 2.24) is 24.8 Å². The molecule has 4 aromatic heterocycles. The summed E-state index contributed by atoms with van der Waals surface area (Å²) in [6.45, 7) is 2.88. The van der Waals surface area contributed by atoms with E-state index >= 15 is 0 Å². The third kappa shape index (κ3) is 3.94. The van der Waals surface area contributed by atoms with Gasteiger partial charge in [-0.3, -0.25) is 9.78 Å². The lowest BCUT2D eigenvalue weighted by molar-refractivity contribution is -0.209. The molecule has 2 aliphatic carbocycles. The highest BCUT2D eigenvalue weighted by atomic mass is 19.3. The van der Waals surface area contributed by atoms with Crippen molar-refractivity contribution in [2.24, 2.45) is 5.41 Å². The maximum atomic E-state index is 13.3. The molecule has 0 radical (unpaired) electrons. The highest BCUT2D eigenvalue weighted by Gasteiger charge is 2.63. The number of amides is 1. The first kappa shape index (κ1) is 24.1. The number of anilines is 2. The second kappa shape index (κ2) is 8.25. The van der Waals surface area contributed by atoms with Crippen LogP contribution in [0.1, 0.15) is 47.1 Å². The van der Waals surface area contributed by atoms with E-state index in [0.717, 1.165) is 5.69 Å². The van der Waals surface area contributed by atoms with Crippen LogP contribution in [0.5, 0.6) is 0 Å². The molecule has 2 saturated carbocycles. The molecule has 5 heterocycles. The minimum atomic E-state index is -2.74. The molecule has 3 aliphatic rings. The molecule has 3 fully saturated rings. The predicted octanol–water partition coefficient (Wildman–Crippen LogP) is 3.76. The van der Waals surface area contributed by atoms with Gasteiger partial charge in [0, 0.05) is 36.6 Å². The topological polar surface area (TPSA) is 122 Å². The molecule has 0 aromatic carbocycles. The normalized spacial score (nSPS) is 22.7. The molecule has 1 aliphatic heterocycles. The highest BCUT2D eigenvalue weighted by molar-refractivity contribution is 6.09. The lowest BCUT2D eigenvalue weighted by Crippen LogP contribution is -2.70. The van der Waals surface area contributed by atoms with Gasteiger partial charge in [0.05, 0.1) is 40.1 Å². The molecule has 1 spiro atoms. The summed E-state index contributed by atoms with van der Waals surface area (Å²) in [7, 11) is 0. The van der Waals surface area contributed by atoms with Crippen LogP contribution in [0.15, 0.2) is 41.2 Å². The van der Waals surface area contributed by atoms with E-state index in [1.807, 2.05) is 17.0 Å². The van der Waals surface area contributed by atoms with E-state index in [1.54, 1.807) is 29.9 Å². The van der Waals surface area contributed by atoms with Gasteiger partial charge in [0.25, 0.3) is 12.3 Å². The van der Waals surface area contributed by atoms with Crippen LogP contribution in [0.3, 0.4) is 0 Å². The number of halogens is 3. The van der Waals surface area contributed by atoms with Crippen molar-refractivity contribution in [2.75, 3.05) is 23.3 Å². The first-order chi connectivity index (χ1) is 18.6. The number of carbonyl (C=O) groups is 1. The second-order valence-electron chi connectivity index (χ2n) is 11.0. The van der Waals surface area contributed by atoms with Gasteiger partial charge in [-0.05, 0) is 44.4 Å². The molecule has 1 saturated heterocycles. The molecular formula is C26H24F3N7O3. The van der Waals surface area contributed by atoms with E-state index in [0.29, 0.717) is 47.5 Å². The molecular weight excluding hydrogens is 515 g/mol. The van der Waals surface area contributed by atoms with Crippen LogP contribution in [0.4, 0.5) is 24.5 Å². The average molecular weight is 540 g/mol. The molecule has 0 unspecified atom stereocenters. The van der Waals surface area contributed by atoms with E-state index < -0.39 is 24.1 Å². The molecule has 2 atom stereocenters. The van der Waals surface area contributed by atoms with Gasteiger partial charge in [0.1, 0.15) is 11.8 Å². The lowest BCUT2D eigenvalue weighted by atomic mass is 9.55. The van der Waals surface area contributed by atoms with Crippen molar-refractivity contribution < 1.29 is 27.5 Å². The number of nitrogens with zero attached hydrogens (tertiary/aromatic N) is 6. The van der Waals surface area contributed by atoms with Crippen LogP contribution in [0, 0.1) is 12.3 Å². The Hall–Kier alpha value is -4.00. The van der Waals surface area contributed by atoms with E-state index in [-0.39, 0.29) is 36.0 Å². The molecule has 0 bridgehead atoms. The summed E-state index contributed by atoms with van der Waals surface area (Å²) in [5.74, 6) is -0.310. The summed E-state index contributed by atoms with van der Waals surface area (Å²) < 4.78 is 46.6. The Morgan fingerprint density at radius 2 is 2.00 bits per heavy atom. The second-order valence-corrected chi connectivity index (χ2v) is 11.0. The van der Waals surface area contributed by atoms with E-state index in [9.17, 15) is 23.1 Å². The van der Waals surface area contributed by atoms with Crippen LogP contribution in [0.25, 0.3) is 17.0 Å². The largest absolute Gasteiger partial charge is 0.420 e. The lowest BCUT2D eigenvalue weighted by Gasteiger charge is -2.62. The number of carbonyl (C=O) groups excluding carboxylic acids is 1. The summed E-state index contributed by atoms with van der Waals surface area (Å²) in [6, 6.07) is 5.37. The molecule has 4 aromatic rings. The average Bonchev–Trinajstić information content (AvgIpc) is 3.25. The maximum absolute atomic E-state index is 13.3. The number of pyridine rings is 2. The van der Waals surface area contributed by atoms with E-state index in [2.05, 4.69) is 25.6 Å². The van der Waals surface area contributed by atoms with Crippen LogP contribution in [-0.2, 0) is 0 Å². The molecule has 2 N–H and O–H groups in total. The van der Waals surface area contributed by atoms with Crippen molar-refractivity contribution in [2.45, 2.75) is 50.3 Å². The Kier molecular flexibility index (Phi) is 5.09. The fraction of sp³-hybridized carbons (Fsp3) is 0.423. The zero-order valence-electron chi connectivity index (χ0n) is 20.8. The molecule has 202 valence electrons. The zero-order chi connectivity index (χ0) is 27.1. The molecule has 1 amide bonds. The first-order valence-electron chi connectivity index (χ1n) is 12.6. The van der Waals surface area contributed by atoms with Crippen molar-refractivity contribution in [1.29, 1.82) is 0 Å². The zero-order valence-corrected chi connectivity index (χ0v) is 20.8. The summed E-state index contributed by atoms with van der Waals surface area (Å²) in [5.41, 5.74) is 1.11. The van der Waals surface area contributed by atoms with Crippen LogP contribution in [0.2, 0.25) is 0 Å². The van der Waals surface area contributed by atoms with Crippen molar-refractivity contribution >= 4 is 22.8 Å². The highest BCUT2D eigenvalue weighted by Crippen LogP contribution is 2.56. The number of aryl methyl sites for hydroxylation is 1. The molecule has 39 heavy (non-hydrogen) atoms. The van der Waals surface area contributed by atoms with Gasteiger partial charge in [-0.1, -0.05) is 0 Å². The minimum Gasteiger partial charge on any atom is -0.420 e. The van der Waals surface area contributed by atoms with Crippen molar-refractivity contribution in [3.63, 3.8) is 0 Å². The number of rotatable bonds is 6. The number of alkyl halides is 3. The van der Waals surface area contributed by atoms with Gasteiger partial charge >= 0.3 is 0 Å². The third-order valence-corrected chi connectivity index (χ3v) is 7.99. The smallest absolute Gasteiger partial charge is 0.266 e. The number of hydrogen-bond donors (Lipinski definition) is 2. The third-order valence-electron chi connectivity index (χ3n) is 7.99. The van der Waals surface area contributed by atoms with Gasteiger partial charge in [0.15, 0.2) is 0 Å². The van der Waals surface area contributed by atoms with Gasteiger partial charge in [0.2, 0.25) is 11.8 Å². The summed E-state index contributed by atoms with van der Waals surface area (Å²) in [6.07, 6.45) is 1.62. The summed E-state index contributed by atoms with van der Waals surface area (Å²) in [5, 5.41) is 25.0. The van der Waals surface area contributed by atoms with Crippen molar-refractivity contribution in [3.8, 4) is 11.5 Å². The summed E-state index contributed by atoms with van der Waals surface area (Å²) >= 11 is 0. The Balaban J connectivity index is 1.08. The van der Waals surface area contributed by atoms with Crippen LogP contribution >= 0.6 is 0 Å². The van der Waals surface area contributed by atoms with E-state index in [1.165, 1.54) is 6.20 Å². The standard InChI is InChI=1S/C26H24F3N7O3/c1-13-19(4-14(7-30-13)22-33-34-23(39-22)16-6-18(16)27)32-21(37)17-8-31-36-3-2-15(5-20(17)36)35-11-25(12-35)9-26(38,10-25)24(28)29/h2-5,7-8,16,18,24,38H,6,9-12H2,1H3,(H,32,37)/t16-,18-/m0/s1. The first-order valence-corrected chi connectivity index (χ1v) is 12.6. The molecule has 7 rings (SSSR count). The Morgan fingerprint density at radius 3 is 2.72 bits per heavy atom. The monoisotopic (exact) mass is 539 g/mol. The number of hydrogen-bond acceptors (Lipinski definition) is 8. The minimum absolute atomic E-state index is 0.0883. The number of nitrogens with one attached hydrogen (secondary N) is 1. The quantitative estimate of drug-likeness (QED) is 0.380.